The first-order chi connectivity index (χ1) is 20.8. The molecule has 4 heteroatoms. The van der Waals surface area contributed by atoms with E-state index in [9.17, 15) is 0 Å². The molecule has 0 N–H and O–H groups in total. The van der Waals surface area contributed by atoms with Gasteiger partial charge in [0.25, 0.3) is 0 Å². The van der Waals surface area contributed by atoms with Gasteiger partial charge < -0.3 is 0 Å². The maximum Gasteiger partial charge on any atom is 0.0604 e. The lowest BCUT2D eigenvalue weighted by atomic mass is 10.1. The zero-order valence-electron chi connectivity index (χ0n) is 26.4. The summed E-state index contributed by atoms with van der Waals surface area (Å²) in [5, 5.41) is 0. The second-order valence-electron chi connectivity index (χ2n) is 10.8. The molecule has 0 aliphatic heterocycles. The maximum atomic E-state index is 2.29. The molecule has 0 aliphatic carbocycles. The van der Waals surface area contributed by atoms with Crippen molar-refractivity contribution in [3.63, 3.8) is 0 Å². The Morgan fingerprint density at radius 1 is 0.429 bits per heavy atom. The van der Waals surface area contributed by atoms with Gasteiger partial charge in [0.05, 0.1) is 8.42 Å². The zero-order chi connectivity index (χ0) is 29.8. The third-order valence-electron chi connectivity index (χ3n) is 6.99. The monoisotopic (exact) mass is 640 g/mol. The molecule has 0 atom stereocenters. The molecule has 0 spiro atoms. The fourth-order valence-corrected chi connectivity index (χ4v) is 8.78. The molecule has 0 amide bonds. The van der Waals surface area contributed by atoms with Crippen molar-refractivity contribution in [3.8, 4) is 0 Å². The molecule has 2 rings (SSSR count). The van der Waals surface area contributed by atoms with Crippen molar-refractivity contribution >= 4 is 58.3 Å². The summed E-state index contributed by atoms with van der Waals surface area (Å²) in [4.78, 5) is 2.66. The van der Waals surface area contributed by atoms with Gasteiger partial charge in [0.1, 0.15) is 0 Å². The summed E-state index contributed by atoms with van der Waals surface area (Å²) in [6.45, 7) is 4.57. The Labute approximate surface area is 276 Å². The molecular weight excluding hydrogens is 585 g/mol. The van der Waals surface area contributed by atoms with E-state index in [1.165, 1.54) is 132 Å². The van der Waals surface area contributed by atoms with E-state index in [1.807, 2.05) is 46.2 Å². The Morgan fingerprint density at radius 3 is 1.14 bits per heavy atom. The van der Waals surface area contributed by atoms with Gasteiger partial charge in [0.15, 0.2) is 0 Å². The van der Waals surface area contributed by atoms with Crippen LogP contribution in [0.4, 0.5) is 0 Å². The molecule has 2 heterocycles. The molecule has 0 aromatic carbocycles. The number of rotatable bonds is 26. The van der Waals surface area contributed by atoms with Crippen LogP contribution in [0.5, 0.6) is 0 Å². The van der Waals surface area contributed by atoms with E-state index in [-0.39, 0.29) is 0 Å². The number of thiophene rings is 2. The number of hydrogen-bond acceptors (Lipinski definition) is 4. The summed E-state index contributed by atoms with van der Waals surface area (Å²) in [6, 6.07) is 9.02. The van der Waals surface area contributed by atoms with Crippen LogP contribution in [0, 0.1) is 0 Å². The largest absolute Gasteiger partial charge is 0.129 e. The van der Waals surface area contributed by atoms with Gasteiger partial charge in [-0.1, -0.05) is 152 Å². The number of thioether (sulfide) groups is 2. The molecule has 0 aliphatic rings. The maximum absolute atomic E-state index is 2.29. The number of allylic oxidation sites excluding steroid dienone is 8. The molecule has 0 saturated heterocycles. The van der Waals surface area contributed by atoms with Crippen LogP contribution >= 0.6 is 46.2 Å². The lowest BCUT2D eigenvalue weighted by Crippen LogP contribution is -1.82. The number of unbranched alkanes of at least 4 members (excludes halogenated alkanes) is 14. The van der Waals surface area contributed by atoms with Crippen molar-refractivity contribution in [2.45, 2.75) is 125 Å². The van der Waals surface area contributed by atoms with Gasteiger partial charge in [-0.25, -0.2) is 0 Å². The SMILES string of the molecule is CCCCCCCCCCSc1ccc(/C=C/C=C/C=C/C=C/C=C/c2ccc(SCCCCCCCCCC)s2)s1. The summed E-state index contributed by atoms with van der Waals surface area (Å²) in [7, 11) is 0. The van der Waals surface area contributed by atoms with Gasteiger partial charge in [0, 0.05) is 9.75 Å². The van der Waals surface area contributed by atoms with Gasteiger partial charge in [0.2, 0.25) is 0 Å². The average molecular weight is 641 g/mol. The highest BCUT2D eigenvalue weighted by Crippen LogP contribution is 2.30. The Kier molecular flexibility index (Phi) is 24.1. The lowest BCUT2D eigenvalue weighted by Gasteiger charge is -2.01. The zero-order valence-corrected chi connectivity index (χ0v) is 29.7. The quantitative estimate of drug-likeness (QED) is 0.0570. The molecule has 0 fully saturated rings. The highest BCUT2D eigenvalue weighted by Gasteiger charge is 2.00. The molecule has 0 saturated carbocycles. The summed E-state index contributed by atoms with van der Waals surface area (Å²) in [5.74, 6) is 2.50. The van der Waals surface area contributed by atoms with E-state index in [0.717, 1.165) is 0 Å². The van der Waals surface area contributed by atoms with Gasteiger partial charge >= 0.3 is 0 Å². The van der Waals surface area contributed by atoms with Crippen molar-refractivity contribution in [1.82, 2.24) is 0 Å². The van der Waals surface area contributed by atoms with Crippen LogP contribution in [-0.4, -0.2) is 11.5 Å². The first-order valence-corrected chi connectivity index (χ1v) is 20.2. The van der Waals surface area contributed by atoms with E-state index < -0.39 is 0 Å². The standard InChI is InChI=1S/C38H56S4/c1-3-5-7-9-11-17-21-25-33-39-37-31-29-35(41-37)27-23-19-15-13-14-16-20-24-28-36-30-32-38(42-36)40-34-26-22-18-12-10-8-6-4-2/h13-16,19-20,23-24,27-32H,3-12,17-18,21-22,25-26,33-34H2,1-2H3/b14-13+,19-15+,20-16+,27-23+,28-24+. The van der Waals surface area contributed by atoms with Crippen LogP contribution in [-0.2, 0) is 0 Å². The first kappa shape index (κ1) is 37.0. The summed E-state index contributed by atoms with van der Waals surface area (Å²) in [6.07, 6.45) is 43.5. The molecule has 232 valence electrons. The van der Waals surface area contributed by atoms with Crippen LogP contribution in [0.25, 0.3) is 12.2 Å². The third kappa shape index (κ3) is 20.7. The molecule has 2 aromatic rings. The van der Waals surface area contributed by atoms with Crippen LogP contribution in [0.3, 0.4) is 0 Å². The average Bonchev–Trinajstić information content (AvgIpc) is 3.65. The van der Waals surface area contributed by atoms with Gasteiger partial charge in [-0.05, 0) is 60.8 Å². The fraction of sp³-hybridized carbons (Fsp3) is 0.526. The highest BCUT2D eigenvalue weighted by atomic mass is 32.2. The lowest BCUT2D eigenvalue weighted by molar-refractivity contribution is 0.586. The predicted molar refractivity (Wildman–Crippen MR) is 201 cm³/mol. The van der Waals surface area contributed by atoms with Crippen LogP contribution in [0.15, 0.2) is 81.3 Å². The van der Waals surface area contributed by atoms with Crippen molar-refractivity contribution in [2.75, 3.05) is 11.5 Å². The smallest absolute Gasteiger partial charge is 0.0604 e. The molecule has 0 radical (unpaired) electrons. The van der Waals surface area contributed by atoms with Gasteiger partial charge in [-0.3, -0.25) is 0 Å². The van der Waals surface area contributed by atoms with E-state index in [4.69, 9.17) is 0 Å². The van der Waals surface area contributed by atoms with E-state index in [1.54, 1.807) is 0 Å². The van der Waals surface area contributed by atoms with Crippen LogP contribution < -0.4 is 0 Å². The highest BCUT2D eigenvalue weighted by molar-refractivity contribution is 8.01. The Morgan fingerprint density at radius 2 is 0.762 bits per heavy atom. The van der Waals surface area contributed by atoms with Crippen molar-refractivity contribution < 1.29 is 0 Å². The van der Waals surface area contributed by atoms with E-state index in [2.05, 4.69) is 98.9 Å². The van der Waals surface area contributed by atoms with Crippen LogP contribution in [0.2, 0.25) is 0 Å². The number of hydrogen-bond donors (Lipinski definition) is 0. The Bertz CT molecular complexity index is 951. The molecule has 2 aromatic heterocycles. The van der Waals surface area contributed by atoms with Crippen LogP contribution in [0.1, 0.15) is 126 Å². The molecular formula is C38H56S4. The van der Waals surface area contributed by atoms with Crippen molar-refractivity contribution in [1.29, 1.82) is 0 Å². The molecule has 42 heavy (non-hydrogen) atoms. The summed E-state index contributed by atoms with van der Waals surface area (Å²) in [5.41, 5.74) is 0. The molecule has 0 bridgehead atoms. The summed E-state index contributed by atoms with van der Waals surface area (Å²) >= 11 is 7.84. The molecule has 0 nitrogen and oxygen atoms in total. The minimum Gasteiger partial charge on any atom is -0.129 e. The third-order valence-corrected chi connectivity index (χ3v) is 11.7. The van der Waals surface area contributed by atoms with E-state index in [0.29, 0.717) is 0 Å². The molecule has 0 unspecified atom stereocenters. The minimum absolute atomic E-state index is 1.25. The summed E-state index contributed by atoms with van der Waals surface area (Å²) < 4.78 is 2.88. The first-order valence-electron chi connectivity index (χ1n) is 16.6. The second-order valence-corrected chi connectivity index (χ2v) is 15.9. The van der Waals surface area contributed by atoms with Gasteiger partial charge in [-0.2, -0.15) is 0 Å². The van der Waals surface area contributed by atoms with Gasteiger partial charge in [-0.15, -0.1) is 46.2 Å². The topological polar surface area (TPSA) is 0 Å². The van der Waals surface area contributed by atoms with Crippen molar-refractivity contribution in [3.05, 3.63) is 82.6 Å². The predicted octanol–water partition coefficient (Wildman–Crippen LogP) is 14.7. The minimum atomic E-state index is 1.25. The Balaban J connectivity index is 1.51. The normalized spacial score (nSPS) is 12.5. The van der Waals surface area contributed by atoms with E-state index >= 15 is 0 Å². The second kappa shape index (κ2) is 27.4. The Hall–Kier alpha value is -1.20. The van der Waals surface area contributed by atoms with Crippen molar-refractivity contribution in [2.24, 2.45) is 0 Å². The fourth-order valence-electron chi connectivity index (χ4n) is 4.51.